The van der Waals surface area contributed by atoms with Crippen LogP contribution in [0.4, 0.5) is 10.1 Å². The summed E-state index contributed by atoms with van der Waals surface area (Å²) in [5.74, 6) is -1.33. The molecule has 3 rings (SSSR count). The van der Waals surface area contributed by atoms with Crippen molar-refractivity contribution < 1.29 is 28.9 Å². The van der Waals surface area contributed by atoms with E-state index in [1.165, 1.54) is 24.3 Å². The molecule has 0 bridgehead atoms. The van der Waals surface area contributed by atoms with Gasteiger partial charge in [-0.05, 0) is 44.2 Å². The maximum absolute atomic E-state index is 13.5. The summed E-state index contributed by atoms with van der Waals surface area (Å²) in [5, 5.41) is 21.3. The molecule has 156 valence electrons. The molecule has 1 heterocycles. The number of aromatic hydroxyl groups is 1. The molecule has 0 unspecified atom stereocenters. The number of esters is 1. The second-order valence-corrected chi connectivity index (χ2v) is 7.11. The predicted octanol–water partition coefficient (Wildman–Crippen LogP) is 5.12. The van der Waals surface area contributed by atoms with Gasteiger partial charge in [0.05, 0.1) is 23.8 Å². The zero-order chi connectivity index (χ0) is 21.7. The largest absolute Gasteiger partial charge is 0.506 e. The van der Waals surface area contributed by atoms with Gasteiger partial charge in [0.2, 0.25) is 0 Å². The smallest absolute Gasteiger partial charge is 0.344 e. The van der Waals surface area contributed by atoms with Gasteiger partial charge in [0, 0.05) is 5.56 Å². The van der Waals surface area contributed by atoms with Crippen molar-refractivity contribution >= 4 is 34.5 Å². The van der Waals surface area contributed by atoms with Crippen LogP contribution in [0.1, 0.15) is 19.4 Å². The number of hydrogen-bond acceptors (Lipinski definition) is 7. The number of hydrogen-bond donors (Lipinski definition) is 2. The van der Waals surface area contributed by atoms with Crippen molar-refractivity contribution in [2.24, 2.45) is 4.99 Å². The average molecular weight is 429 g/mol. The van der Waals surface area contributed by atoms with Crippen molar-refractivity contribution in [3.05, 3.63) is 70.1 Å². The molecule has 30 heavy (non-hydrogen) atoms. The van der Waals surface area contributed by atoms with E-state index in [-0.39, 0.29) is 39.3 Å². The van der Waals surface area contributed by atoms with Crippen LogP contribution in [0.2, 0.25) is 0 Å². The Kier molecular flexibility index (Phi) is 6.79. The highest BCUT2D eigenvalue weighted by Crippen LogP contribution is 2.42. The topological polar surface area (TPSA) is 88.4 Å². The normalized spacial score (nSPS) is 16.4. The minimum atomic E-state index is -0.742. The number of nitrogens with zero attached hydrogens (tertiary/aromatic N) is 1. The first-order valence-corrected chi connectivity index (χ1v) is 10.1. The van der Waals surface area contributed by atoms with Gasteiger partial charge >= 0.3 is 5.97 Å². The van der Waals surface area contributed by atoms with Crippen molar-refractivity contribution in [1.29, 1.82) is 0 Å². The van der Waals surface area contributed by atoms with Crippen LogP contribution in [0.15, 0.2) is 63.7 Å². The van der Waals surface area contributed by atoms with E-state index in [9.17, 15) is 19.4 Å². The highest BCUT2D eigenvalue weighted by Gasteiger charge is 2.33. The van der Waals surface area contributed by atoms with E-state index in [0.717, 1.165) is 11.8 Å². The number of carbonyl (C=O) groups is 1. The van der Waals surface area contributed by atoms with E-state index in [0.29, 0.717) is 17.9 Å². The van der Waals surface area contributed by atoms with Gasteiger partial charge in [0.25, 0.3) is 0 Å². The van der Waals surface area contributed by atoms with Crippen LogP contribution in [0, 0.1) is 5.82 Å². The number of para-hydroxylation sites is 1. The fraction of sp³-hybridized carbons (Fsp3) is 0.182. The zero-order valence-corrected chi connectivity index (χ0v) is 17.2. The number of rotatable bonds is 6. The third kappa shape index (κ3) is 4.65. The van der Waals surface area contributed by atoms with E-state index in [1.54, 1.807) is 38.1 Å². The molecule has 0 aromatic heterocycles. The summed E-state index contributed by atoms with van der Waals surface area (Å²) in [4.78, 5) is 17.0. The van der Waals surface area contributed by atoms with Gasteiger partial charge < -0.3 is 19.7 Å². The third-order valence-electron chi connectivity index (χ3n) is 4.03. The van der Waals surface area contributed by atoms with Crippen LogP contribution in [0.25, 0.3) is 6.08 Å². The summed E-state index contributed by atoms with van der Waals surface area (Å²) in [5.41, 5.74) is 0.567. The fourth-order valence-electron chi connectivity index (χ4n) is 2.72. The molecule has 0 fully saturated rings. The summed E-state index contributed by atoms with van der Waals surface area (Å²) in [7, 11) is 0. The second-order valence-electron chi connectivity index (χ2n) is 6.08. The van der Waals surface area contributed by atoms with Crippen molar-refractivity contribution in [2.45, 2.75) is 13.8 Å². The van der Waals surface area contributed by atoms with Crippen LogP contribution >= 0.6 is 11.8 Å². The lowest BCUT2D eigenvalue weighted by atomic mass is 10.1. The Labute approximate surface area is 177 Å². The third-order valence-corrected chi connectivity index (χ3v) is 5.05. The van der Waals surface area contributed by atoms with E-state index in [2.05, 4.69) is 4.99 Å². The Bertz CT molecular complexity index is 1060. The number of halogens is 1. The minimum Gasteiger partial charge on any atom is -0.506 e. The van der Waals surface area contributed by atoms with Gasteiger partial charge in [-0.3, -0.25) is 0 Å². The number of phenolic OH excluding ortho intramolecular Hbond substituents is 1. The van der Waals surface area contributed by atoms with Crippen LogP contribution in [-0.2, 0) is 9.53 Å². The van der Waals surface area contributed by atoms with Crippen molar-refractivity contribution in [3.8, 4) is 11.5 Å². The second kappa shape index (κ2) is 9.49. The molecule has 2 aromatic carbocycles. The highest BCUT2D eigenvalue weighted by atomic mass is 32.2. The van der Waals surface area contributed by atoms with Crippen molar-refractivity contribution in [1.82, 2.24) is 0 Å². The highest BCUT2D eigenvalue weighted by molar-refractivity contribution is 8.18. The quantitative estimate of drug-likeness (QED) is 0.620. The van der Waals surface area contributed by atoms with Crippen LogP contribution in [-0.4, -0.2) is 34.4 Å². The van der Waals surface area contributed by atoms with E-state index in [4.69, 9.17) is 9.47 Å². The Morgan fingerprint density at radius 1 is 1.17 bits per heavy atom. The lowest BCUT2D eigenvalue weighted by Gasteiger charge is -2.08. The van der Waals surface area contributed by atoms with Gasteiger partial charge in [0.1, 0.15) is 22.2 Å². The average Bonchev–Trinajstić information content (AvgIpc) is 3.00. The van der Waals surface area contributed by atoms with E-state index in [1.807, 2.05) is 0 Å². The molecule has 0 saturated heterocycles. The predicted molar refractivity (Wildman–Crippen MR) is 115 cm³/mol. The number of aliphatic hydroxyl groups excluding tert-OH is 1. The number of thioether (sulfide) groups is 1. The lowest BCUT2D eigenvalue weighted by Crippen LogP contribution is -2.12. The van der Waals surface area contributed by atoms with Crippen molar-refractivity contribution in [3.63, 3.8) is 0 Å². The maximum Gasteiger partial charge on any atom is 0.344 e. The molecule has 0 saturated carbocycles. The summed E-state index contributed by atoms with van der Waals surface area (Å²) in [6.45, 7) is 3.94. The number of aliphatic hydroxyl groups is 1. The Morgan fingerprint density at radius 2 is 1.93 bits per heavy atom. The molecule has 0 spiro atoms. The molecule has 2 N–H and O–H groups in total. The molecule has 2 aromatic rings. The molecular formula is C22H20FNO5S. The van der Waals surface area contributed by atoms with E-state index < -0.39 is 11.8 Å². The number of phenols is 1. The Balaban J connectivity index is 2.06. The number of aliphatic imine (C=N–C) groups is 1. The Morgan fingerprint density at radius 3 is 2.63 bits per heavy atom. The van der Waals surface area contributed by atoms with Crippen LogP contribution in [0.3, 0.4) is 0 Å². The van der Waals surface area contributed by atoms with E-state index >= 15 is 0 Å². The summed E-state index contributed by atoms with van der Waals surface area (Å²) in [6.07, 6.45) is 1.52. The van der Waals surface area contributed by atoms with Crippen molar-refractivity contribution in [2.75, 3.05) is 13.2 Å². The molecule has 1 aliphatic heterocycles. The summed E-state index contributed by atoms with van der Waals surface area (Å²) in [6, 6.07) is 10.5. The molecule has 0 aliphatic carbocycles. The molecule has 0 amide bonds. The molecule has 6 nitrogen and oxygen atoms in total. The maximum atomic E-state index is 13.5. The molecule has 0 radical (unpaired) electrons. The molecule has 1 aliphatic rings. The first-order valence-electron chi connectivity index (χ1n) is 9.24. The minimum absolute atomic E-state index is 0.0894. The zero-order valence-electron chi connectivity index (χ0n) is 16.4. The standard InChI is InChI=1S/C22H20FNO5S/c1-3-28-16-10-5-7-13(19(16)25)11-17-20(26)18(22(27)29-4-2)21(30-17)24-15-9-6-8-14(23)12-15/h5-12,25-26H,3-4H2,1-2H3. The summed E-state index contributed by atoms with van der Waals surface area (Å²) < 4.78 is 23.9. The number of carbonyl (C=O) groups excluding carboxylic acids is 1. The van der Waals surface area contributed by atoms with Gasteiger partial charge in [-0.15, -0.1) is 0 Å². The molecule has 8 heteroatoms. The first-order chi connectivity index (χ1) is 14.4. The Hall–Kier alpha value is -3.26. The fourth-order valence-corrected chi connectivity index (χ4v) is 3.75. The van der Waals surface area contributed by atoms with Gasteiger partial charge in [-0.25, -0.2) is 14.2 Å². The lowest BCUT2D eigenvalue weighted by molar-refractivity contribution is -0.138. The number of benzene rings is 2. The van der Waals surface area contributed by atoms with Crippen LogP contribution in [0.5, 0.6) is 11.5 Å². The molecular weight excluding hydrogens is 409 g/mol. The monoisotopic (exact) mass is 429 g/mol. The van der Waals surface area contributed by atoms with Crippen LogP contribution < -0.4 is 4.74 Å². The molecule has 0 atom stereocenters. The number of ether oxygens (including phenoxy) is 2. The first kappa shape index (κ1) is 21.4. The summed E-state index contributed by atoms with van der Waals surface area (Å²) >= 11 is 1.02. The van der Waals surface area contributed by atoms with Gasteiger partial charge in [-0.2, -0.15) is 0 Å². The van der Waals surface area contributed by atoms with Gasteiger partial charge in [-0.1, -0.05) is 30.0 Å². The van der Waals surface area contributed by atoms with Gasteiger partial charge in [0.15, 0.2) is 11.5 Å². The SMILES string of the molecule is CCOC(=O)C1=C(O)C(=Cc2cccc(OCC)c2O)SC1=Nc1cccc(F)c1.